The summed E-state index contributed by atoms with van der Waals surface area (Å²) in [7, 11) is 0. The Hall–Kier alpha value is -3.82. The Bertz CT molecular complexity index is 1240. The second-order valence-corrected chi connectivity index (χ2v) is 11.2. The van der Waals surface area contributed by atoms with Crippen molar-refractivity contribution in [2.75, 3.05) is 0 Å². The molecule has 0 bridgehead atoms. The molecule has 6 rings (SSSR count). The molecule has 0 atom stereocenters. The van der Waals surface area contributed by atoms with Crippen LogP contribution in [0.3, 0.4) is 0 Å². The van der Waals surface area contributed by atoms with Gasteiger partial charge in [0.25, 0.3) is 0 Å². The molecule has 0 spiro atoms. The first kappa shape index (κ1) is 24.5. The SMILES string of the molecule is c1ccc(CC2(Cc3ccccc3)CC(Cc3ccccc3)(Cc3ccccc3)Oc3cscc3O2)cc1. The van der Waals surface area contributed by atoms with Crippen LogP contribution >= 0.6 is 11.3 Å². The molecule has 38 heavy (non-hydrogen) atoms. The molecule has 0 saturated heterocycles. The molecule has 2 heterocycles. The lowest BCUT2D eigenvalue weighted by molar-refractivity contribution is -0.0107. The van der Waals surface area contributed by atoms with Crippen molar-refractivity contribution in [2.45, 2.75) is 43.3 Å². The summed E-state index contributed by atoms with van der Waals surface area (Å²) in [6, 6.07) is 43.0. The third-order valence-corrected chi connectivity index (χ3v) is 8.07. The van der Waals surface area contributed by atoms with Gasteiger partial charge >= 0.3 is 0 Å². The van der Waals surface area contributed by atoms with Gasteiger partial charge in [-0.2, -0.15) is 0 Å². The van der Waals surface area contributed by atoms with Crippen LogP contribution in [0.15, 0.2) is 132 Å². The molecule has 5 aromatic rings. The molecular formula is C35H32O2S. The van der Waals surface area contributed by atoms with Gasteiger partial charge in [-0.3, -0.25) is 0 Å². The summed E-state index contributed by atoms with van der Waals surface area (Å²) < 4.78 is 14.2. The second-order valence-electron chi connectivity index (χ2n) is 10.5. The number of hydrogen-bond donors (Lipinski definition) is 0. The van der Waals surface area contributed by atoms with Gasteiger partial charge < -0.3 is 9.47 Å². The van der Waals surface area contributed by atoms with E-state index in [1.54, 1.807) is 11.3 Å². The second kappa shape index (κ2) is 10.9. The Morgan fingerprint density at radius 3 is 1.03 bits per heavy atom. The van der Waals surface area contributed by atoms with E-state index in [2.05, 4.69) is 132 Å². The molecule has 3 heteroatoms. The molecule has 0 unspecified atom stereocenters. The zero-order chi connectivity index (χ0) is 25.7. The molecule has 1 aromatic heterocycles. The summed E-state index contributed by atoms with van der Waals surface area (Å²) >= 11 is 1.64. The third-order valence-electron chi connectivity index (χ3n) is 7.37. The fraction of sp³-hybridized carbons (Fsp3) is 0.200. The summed E-state index contributed by atoms with van der Waals surface area (Å²) in [6.45, 7) is 0. The molecule has 0 N–H and O–H groups in total. The molecule has 0 radical (unpaired) electrons. The Kier molecular flexibility index (Phi) is 7.02. The van der Waals surface area contributed by atoms with E-state index >= 15 is 0 Å². The number of thiophene rings is 1. The van der Waals surface area contributed by atoms with Crippen LogP contribution in [0.25, 0.3) is 0 Å². The van der Waals surface area contributed by atoms with Crippen LogP contribution < -0.4 is 9.47 Å². The predicted octanol–water partition coefficient (Wildman–Crippen LogP) is 8.36. The highest BCUT2D eigenvalue weighted by Gasteiger charge is 2.48. The first-order valence-corrected chi connectivity index (χ1v) is 14.2. The van der Waals surface area contributed by atoms with Crippen molar-refractivity contribution in [3.63, 3.8) is 0 Å². The van der Waals surface area contributed by atoms with Crippen LogP contribution in [-0.4, -0.2) is 11.2 Å². The Morgan fingerprint density at radius 2 is 0.737 bits per heavy atom. The molecule has 1 aliphatic heterocycles. The summed E-state index contributed by atoms with van der Waals surface area (Å²) in [5, 5.41) is 4.20. The highest BCUT2D eigenvalue weighted by molar-refractivity contribution is 7.08. The van der Waals surface area contributed by atoms with Gasteiger partial charge in [0.1, 0.15) is 11.2 Å². The van der Waals surface area contributed by atoms with Gasteiger partial charge in [-0.1, -0.05) is 121 Å². The van der Waals surface area contributed by atoms with E-state index in [0.717, 1.165) is 43.6 Å². The molecule has 1 aliphatic rings. The van der Waals surface area contributed by atoms with Crippen LogP contribution in [0, 0.1) is 0 Å². The molecule has 190 valence electrons. The number of fused-ring (bicyclic) bond motifs is 1. The van der Waals surface area contributed by atoms with E-state index < -0.39 is 11.2 Å². The number of rotatable bonds is 8. The monoisotopic (exact) mass is 516 g/mol. The largest absolute Gasteiger partial charge is 0.482 e. The average molecular weight is 517 g/mol. The van der Waals surface area contributed by atoms with Gasteiger partial charge in [0.2, 0.25) is 0 Å². The smallest absolute Gasteiger partial charge is 0.172 e. The Labute approximate surface area is 229 Å². The lowest BCUT2D eigenvalue weighted by atomic mass is 9.74. The van der Waals surface area contributed by atoms with Crippen LogP contribution in [0.4, 0.5) is 0 Å². The van der Waals surface area contributed by atoms with E-state index in [-0.39, 0.29) is 0 Å². The summed E-state index contributed by atoms with van der Waals surface area (Å²) in [5.41, 5.74) is 4.12. The normalized spacial score (nSPS) is 15.5. The van der Waals surface area contributed by atoms with Crippen molar-refractivity contribution in [3.05, 3.63) is 154 Å². The van der Waals surface area contributed by atoms with Crippen LogP contribution in [0.2, 0.25) is 0 Å². The summed E-state index contributed by atoms with van der Waals surface area (Å²) in [6.07, 6.45) is 3.95. The molecule has 0 aliphatic carbocycles. The fourth-order valence-electron chi connectivity index (χ4n) is 5.94. The molecule has 2 nitrogen and oxygen atoms in total. The topological polar surface area (TPSA) is 18.5 Å². The van der Waals surface area contributed by atoms with E-state index in [9.17, 15) is 0 Å². The number of hydrogen-bond acceptors (Lipinski definition) is 3. The number of ether oxygens (including phenoxy) is 2. The van der Waals surface area contributed by atoms with Gasteiger partial charge in [-0.25, -0.2) is 0 Å². The van der Waals surface area contributed by atoms with Gasteiger partial charge in [-0.05, 0) is 22.3 Å². The first-order chi connectivity index (χ1) is 18.7. The van der Waals surface area contributed by atoms with E-state index in [1.165, 1.54) is 22.3 Å². The van der Waals surface area contributed by atoms with Crippen LogP contribution in [-0.2, 0) is 25.7 Å². The highest BCUT2D eigenvalue weighted by atomic mass is 32.1. The maximum absolute atomic E-state index is 7.11. The maximum Gasteiger partial charge on any atom is 0.172 e. The van der Waals surface area contributed by atoms with Crippen molar-refractivity contribution in [2.24, 2.45) is 0 Å². The van der Waals surface area contributed by atoms with Crippen molar-refractivity contribution < 1.29 is 9.47 Å². The van der Waals surface area contributed by atoms with Crippen LogP contribution in [0.1, 0.15) is 28.7 Å². The minimum absolute atomic E-state index is 0.488. The first-order valence-electron chi connectivity index (χ1n) is 13.3. The van der Waals surface area contributed by atoms with Crippen LogP contribution in [0.5, 0.6) is 11.5 Å². The fourth-order valence-corrected chi connectivity index (χ4v) is 6.58. The third kappa shape index (κ3) is 5.69. The van der Waals surface area contributed by atoms with E-state index in [4.69, 9.17) is 9.47 Å². The van der Waals surface area contributed by atoms with Gasteiger partial charge in [-0.15, -0.1) is 11.3 Å². The summed E-state index contributed by atoms with van der Waals surface area (Å²) in [4.78, 5) is 0. The molecule has 0 amide bonds. The minimum atomic E-state index is -0.488. The maximum atomic E-state index is 7.11. The van der Waals surface area contributed by atoms with E-state index in [1.807, 2.05) is 0 Å². The lowest BCUT2D eigenvalue weighted by Gasteiger charge is -2.41. The van der Waals surface area contributed by atoms with E-state index in [0.29, 0.717) is 0 Å². The zero-order valence-corrected chi connectivity index (χ0v) is 22.3. The molecule has 0 saturated carbocycles. The zero-order valence-electron chi connectivity index (χ0n) is 21.5. The van der Waals surface area contributed by atoms with Gasteiger partial charge in [0.15, 0.2) is 11.5 Å². The summed E-state index contributed by atoms with van der Waals surface area (Å²) in [5.74, 6) is 1.70. The van der Waals surface area contributed by atoms with Crippen molar-refractivity contribution in [3.8, 4) is 11.5 Å². The lowest BCUT2D eigenvalue weighted by Crippen LogP contribution is -2.51. The van der Waals surface area contributed by atoms with Crippen molar-refractivity contribution in [1.82, 2.24) is 0 Å². The van der Waals surface area contributed by atoms with Crippen molar-refractivity contribution >= 4 is 11.3 Å². The predicted molar refractivity (Wildman–Crippen MR) is 156 cm³/mol. The Balaban J connectivity index is 1.50. The standard InChI is InChI=1S/C35H32O2S/c1-5-13-28(14-6-1)21-34(22-29-15-7-2-8-16-29)27-35(23-30-17-9-3-10-18-30,24-31-19-11-4-12-20-31)37-33-26-38-25-32(33)36-34/h1-20,25-26H,21-24,27H2. The number of benzene rings is 4. The van der Waals surface area contributed by atoms with Crippen molar-refractivity contribution in [1.29, 1.82) is 0 Å². The van der Waals surface area contributed by atoms with Gasteiger partial charge in [0.05, 0.1) is 0 Å². The van der Waals surface area contributed by atoms with Gasteiger partial charge in [0, 0.05) is 42.9 Å². The molecule has 0 fully saturated rings. The quantitative estimate of drug-likeness (QED) is 0.206. The Morgan fingerprint density at radius 1 is 0.447 bits per heavy atom. The average Bonchev–Trinajstić information content (AvgIpc) is 3.31. The molecular weight excluding hydrogens is 484 g/mol. The highest BCUT2D eigenvalue weighted by Crippen LogP contribution is 2.47. The minimum Gasteiger partial charge on any atom is -0.482 e. The molecule has 4 aromatic carbocycles.